The predicted octanol–water partition coefficient (Wildman–Crippen LogP) is 3.73. The molecule has 0 aliphatic carbocycles. The first-order valence-electron chi connectivity index (χ1n) is 6.68. The SMILES string of the molecule is CCOC(=O)c1c(C)cc(OC)cc1OC=CC(C)C. The quantitative estimate of drug-likeness (QED) is 0.587. The topological polar surface area (TPSA) is 44.8 Å². The average molecular weight is 278 g/mol. The molecule has 20 heavy (non-hydrogen) atoms. The van der Waals surface area contributed by atoms with Crippen LogP contribution in [0.25, 0.3) is 0 Å². The van der Waals surface area contributed by atoms with Gasteiger partial charge in [0, 0.05) is 6.07 Å². The normalized spacial score (nSPS) is 10.9. The Labute approximate surface area is 120 Å². The number of aryl methyl sites for hydroxylation is 1. The zero-order valence-electron chi connectivity index (χ0n) is 12.7. The van der Waals surface area contributed by atoms with Gasteiger partial charge in [-0.1, -0.05) is 13.8 Å². The van der Waals surface area contributed by atoms with Crippen molar-refractivity contribution in [3.8, 4) is 11.5 Å². The van der Waals surface area contributed by atoms with Crippen LogP contribution in [0.3, 0.4) is 0 Å². The molecule has 4 nitrogen and oxygen atoms in total. The number of methoxy groups -OCH3 is 1. The van der Waals surface area contributed by atoms with E-state index in [1.165, 1.54) is 0 Å². The molecule has 0 spiro atoms. The number of ether oxygens (including phenoxy) is 3. The lowest BCUT2D eigenvalue weighted by Crippen LogP contribution is -2.09. The first-order chi connectivity index (χ1) is 9.49. The van der Waals surface area contributed by atoms with Crippen molar-refractivity contribution in [2.45, 2.75) is 27.7 Å². The Morgan fingerprint density at radius 2 is 2.05 bits per heavy atom. The molecule has 1 rings (SSSR count). The molecule has 1 aromatic rings. The van der Waals surface area contributed by atoms with Crippen molar-refractivity contribution in [1.82, 2.24) is 0 Å². The molecule has 0 bridgehead atoms. The third-order valence-corrected chi connectivity index (χ3v) is 2.65. The van der Waals surface area contributed by atoms with Gasteiger partial charge in [-0.05, 0) is 37.5 Å². The minimum Gasteiger partial charge on any atom is -0.497 e. The zero-order valence-corrected chi connectivity index (χ0v) is 12.7. The summed E-state index contributed by atoms with van der Waals surface area (Å²) in [7, 11) is 1.58. The second kappa shape index (κ2) is 7.58. The fourth-order valence-electron chi connectivity index (χ4n) is 1.67. The molecule has 4 heteroatoms. The highest BCUT2D eigenvalue weighted by molar-refractivity contribution is 5.94. The number of rotatable bonds is 6. The first kappa shape index (κ1) is 16.1. The summed E-state index contributed by atoms with van der Waals surface area (Å²) in [6.07, 6.45) is 3.49. The van der Waals surface area contributed by atoms with Gasteiger partial charge in [-0.15, -0.1) is 0 Å². The van der Waals surface area contributed by atoms with Gasteiger partial charge in [0.2, 0.25) is 0 Å². The van der Waals surface area contributed by atoms with E-state index < -0.39 is 0 Å². The highest BCUT2D eigenvalue weighted by atomic mass is 16.5. The summed E-state index contributed by atoms with van der Waals surface area (Å²) in [5, 5.41) is 0. The maximum absolute atomic E-state index is 12.0. The first-order valence-corrected chi connectivity index (χ1v) is 6.68. The van der Waals surface area contributed by atoms with E-state index in [0.29, 0.717) is 29.6 Å². The lowest BCUT2D eigenvalue weighted by atomic mass is 10.1. The van der Waals surface area contributed by atoms with Crippen LogP contribution < -0.4 is 9.47 Å². The number of esters is 1. The van der Waals surface area contributed by atoms with Gasteiger partial charge < -0.3 is 14.2 Å². The highest BCUT2D eigenvalue weighted by Crippen LogP contribution is 2.29. The van der Waals surface area contributed by atoms with Gasteiger partial charge in [-0.25, -0.2) is 4.79 Å². The van der Waals surface area contributed by atoms with Crippen LogP contribution in [0.5, 0.6) is 11.5 Å². The Bertz CT molecular complexity index is 489. The number of allylic oxidation sites excluding steroid dienone is 1. The largest absolute Gasteiger partial charge is 0.497 e. The van der Waals surface area contributed by atoms with Crippen molar-refractivity contribution in [3.05, 3.63) is 35.6 Å². The molecule has 0 unspecified atom stereocenters. The molecule has 0 radical (unpaired) electrons. The van der Waals surface area contributed by atoms with Gasteiger partial charge in [0.15, 0.2) is 0 Å². The lowest BCUT2D eigenvalue weighted by Gasteiger charge is -2.13. The van der Waals surface area contributed by atoms with Crippen molar-refractivity contribution in [3.63, 3.8) is 0 Å². The third-order valence-electron chi connectivity index (χ3n) is 2.65. The second-order valence-electron chi connectivity index (χ2n) is 4.73. The van der Waals surface area contributed by atoms with Gasteiger partial charge in [-0.2, -0.15) is 0 Å². The summed E-state index contributed by atoms with van der Waals surface area (Å²) in [5.41, 5.74) is 1.19. The molecule has 0 saturated carbocycles. The molecule has 0 heterocycles. The molecule has 0 N–H and O–H groups in total. The van der Waals surface area contributed by atoms with E-state index in [0.717, 1.165) is 5.56 Å². The van der Waals surface area contributed by atoms with Gasteiger partial charge in [0.05, 0.1) is 20.0 Å². The summed E-state index contributed by atoms with van der Waals surface area (Å²) in [6, 6.07) is 3.47. The van der Waals surface area contributed by atoms with Crippen LogP contribution in [-0.2, 0) is 4.74 Å². The lowest BCUT2D eigenvalue weighted by molar-refractivity contribution is 0.0522. The van der Waals surface area contributed by atoms with E-state index in [1.807, 2.05) is 26.8 Å². The maximum Gasteiger partial charge on any atom is 0.342 e. The van der Waals surface area contributed by atoms with Crippen LogP contribution >= 0.6 is 0 Å². The smallest absolute Gasteiger partial charge is 0.342 e. The number of carbonyl (C=O) groups excluding carboxylic acids is 1. The van der Waals surface area contributed by atoms with Crippen molar-refractivity contribution in [2.75, 3.05) is 13.7 Å². The summed E-state index contributed by atoms with van der Waals surface area (Å²) >= 11 is 0. The molecule has 0 fully saturated rings. The monoisotopic (exact) mass is 278 g/mol. The van der Waals surface area contributed by atoms with Crippen LogP contribution in [0.1, 0.15) is 36.7 Å². The van der Waals surface area contributed by atoms with Crippen LogP contribution in [0, 0.1) is 12.8 Å². The van der Waals surface area contributed by atoms with Crippen molar-refractivity contribution in [2.24, 2.45) is 5.92 Å². The van der Waals surface area contributed by atoms with E-state index >= 15 is 0 Å². The molecule has 0 saturated heterocycles. The highest BCUT2D eigenvalue weighted by Gasteiger charge is 2.18. The number of benzene rings is 1. The Kier molecular flexibility index (Phi) is 6.10. The second-order valence-corrected chi connectivity index (χ2v) is 4.73. The van der Waals surface area contributed by atoms with Crippen molar-refractivity contribution in [1.29, 1.82) is 0 Å². The number of hydrogen-bond acceptors (Lipinski definition) is 4. The number of carbonyl (C=O) groups is 1. The van der Waals surface area contributed by atoms with E-state index in [9.17, 15) is 4.79 Å². The predicted molar refractivity (Wildman–Crippen MR) is 78.3 cm³/mol. The molecular weight excluding hydrogens is 256 g/mol. The van der Waals surface area contributed by atoms with Crippen molar-refractivity contribution < 1.29 is 19.0 Å². The minimum absolute atomic E-state index is 0.325. The van der Waals surface area contributed by atoms with E-state index in [4.69, 9.17) is 14.2 Å². The Morgan fingerprint density at radius 1 is 1.35 bits per heavy atom. The Balaban J connectivity index is 3.15. The Morgan fingerprint density at radius 3 is 2.60 bits per heavy atom. The van der Waals surface area contributed by atoms with Crippen LogP contribution in [0.15, 0.2) is 24.5 Å². The standard InChI is InChI=1S/C16H22O4/c1-6-19-16(17)15-12(4)9-13(18-5)10-14(15)20-8-7-11(2)3/h7-11H,6H2,1-5H3. The molecule has 0 amide bonds. The molecule has 1 aromatic carbocycles. The molecule has 0 aliphatic heterocycles. The third kappa shape index (κ3) is 4.30. The van der Waals surface area contributed by atoms with Gasteiger partial charge in [-0.3, -0.25) is 0 Å². The van der Waals surface area contributed by atoms with Crippen LogP contribution in [0.4, 0.5) is 0 Å². The van der Waals surface area contributed by atoms with E-state index in [2.05, 4.69) is 0 Å². The average Bonchev–Trinajstić information content (AvgIpc) is 2.37. The molecular formula is C16H22O4. The van der Waals surface area contributed by atoms with Gasteiger partial charge >= 0.3 is 5.97 Å². The zero-order chi connectivity index (χ0) is 15.1. The molecule has 0 atom stereocenters. The molecule has 0 aromatic heterocycles. The van der Waals surface area contributed by atoms with Crippen LogP contribution in [-0.4, -0.2) is 19.7 Å². The summed E-state index contributed by atoms with van der Waals surface area (Å²) < 4.78 is 15.8. The number of hydrogen-bond donors (Lipinski definition) is 0. The van der Waals surface area contributed by atoms with E-state index in [1.54, 1.807) is 32.4 Å². The Hall–Kier alpha value is -1.97. The minimum atomic E-state index is -0.388. The molecule has 0 aliphatic rings. The summed E-state index contributed by atoms with van der Waals surface area (Å²) in [4.78, 5) is 12.0. The van der Waals surface area contributed by atoms with Gasteiger partial charge in [0.25, 0.3) is 0 Å². The van der Waals surface area contributed by atoms with Crippen molar-refractivity contribution >= 4 is 5.97 Å². The fourth-order valence-corrected chi connectivity index (χ4v) is 1.67. The summed E-state index contributed by atoms with van der Waals surface area (Å²) in [6.45, 7) is 8.02. The van der Waals surface area contributed by atoms with E-state index in [-0.39, 0.29) is 5.97 Å². The summed E-state index contributed by atoms with van der Waals surface area (Å²) in [5.74, 6) is 1.06. The molecule has 110 valence electrons. The van der Waals surface area contributed by atoms with Gasteiger partial charge in [0.1, 0.15) is 17.1 Å². The van der Waals surface area contributed by atoms with Crippen LogP contribution in [0.2, 0.25) is 0 Å². The maximum atomic E-state index is 12.0. The fraction of sp³-hybridized carbons (Fsp3) is 0.438.